The second-order valence-corrected chi connectivity index (χ2v) is 8.55. The summed E-state index contributed by atoms with van der Waals surface area (Å²) < 4.78 is 0. The number of aryl methyl sites for hydroxylation is 1. The molecule has 0 bridgehead atoms. The van der Waals surface area contributed by atoms with Crippen molar-refractivity contribution < 1.29 is 14.4 Å². The van der Waals surface area contributed by atoms with Gasteiger partial charge in [0, 0.05) is 18.8 Å². The first-order chi connectivity index (χ1) is 14.0. The molecule has 0 radical (unpaired) electrons. The van der Waals surface area contributed by atoms with Crippen molar-refractivity contribution in [2.24, 2.45) is 0 Å². The molecule has 29 heavy (non-hydrogen) atoms. The van der Waals surface area contributed by atoms with E-state index >= 15 is 0 Å². The molecule has 0 aromatic heterocycles. The highest BCUT2D eigenvalue weighted by Gasteiger charge is 2.34. The number of imide groups is 1. The summed E-state index contributed by atoms with van der Waals surface area (Å²) in [6.07, 6.45) is 1.71. The van der Waals surface area contributed by atoms with Crippen molar-refractivity contribution in [1.29, 1.82) is 0 Å². The van der Waals surface area contributed by atoms with Crippen LogP contribution in [0.2, 0.25) is 0 Å². The van der Waals surface area contributed by atoms with Gasteiger partial charge in [-0.2, -0.15) is 0 Å². The highest BCUT2D eigenvalue weighted by atomic mass is 32.2. The summed E-state index contributed by atoms with van der Waals surface area (Å²) in [5.41, 5.74) is 3.26. The molecule has 1 N–H and O–H groups in total. The molecular weight excluding hydrogens is 404 g/mol. The number of carbonyl (C=O) groups is 3. The summed E-state index contributed by atoms with van der Waals surface area (Å²) in [6.45, 7) is 2.46. The van der Waals surface area contributed by atoms with E-state index in [0.29, 0.717) is 10.7 Å². The van der Waals surface area contributed by atoms with E-state index in [-0.39, 0.29) is 30.1 Å². The van der Waals surface area contributed by atoms with Crippen LogP contribution in [0.4, 0.5) is 4.79 Å². The molecule has 150 valence electrons. The fraction of sp³-hybridized carbons (Fsp3) is 0.227. The molecule has 0 atom stereocenters. The minimum Gasteiger partial charge on any atom is -0.354 e. The zero-order chi connectivity index (χ0) is 20.6. The van der Waals surface area contributed by atoms with Crippen LogP contribution >= 0.6 is 23.5 Å². The first kappa shape index (κ1) is 21.2. The topological polar surface area (TPSA) is 66.5 Å². The Morgan fingerprint density at radius 1 is 1.10 bits per heavy atom. The Kier molecular flexibility index (Phi) is 7.55. The summed E-state index contributed by atoms with van der Waals surface area (Å²) in [4.78, 5) is 38.1. The maximum absolute atomic E-state index is 12.4. The maximum atomic E-state index is 12.4. The number of rotatable bonds is 8. The van der Waals surface area contributed by atoms with Gasteiger partial charge < -0.3 is 5.32 Å². The lowest BCUT2D eigenvalue weighted by molar-refractivity contribution is -0.123. The van der Waals surface area contributed by atoms with Gasteiger partial charge in [-0.3, -0.25) is 19.3 Å². The van der Waals surface area contributed by atoms with Gasteiger partial charge >= 0.3 is 0 Å². The summed E-state index contributed by atoms with van der Waals surface area (Å²) in [6, 6.07) is 17.6. The van der Waals surface area contributed by atoms with E-state index in [0.717, 1.165) is 23.1 Å². The Labute approximate surface area is 178 Å². The molecule has 3 amide bonds. The van der Waals surface area contributed by atoms with Crippen LogP contribution in [0.1, 0.15) is 16.7 Å². The largest absolute Gasteiger partial charge is 0.354 e. The monoisotopic (exact) mass is 426 g/mol. The zero-order valence-corrected chi connectivity index (χ0v) is 17.7. The lowest BCUT2D eigenvalue weighted by Gasteiger charge is -2.13. The molecule has 7 heteroatoms. The number of carbonyl (C=O) groups excluding carboxylic acids is 3. The number of hydrogen-bond donors (Lipinski definition) is 1. The van der Waals surface area contributed by atoms with E-state index in [4.69, 9.17) is 0 Å². The van der Waals surface area contributed by atoms with Crippen LogP contribution in [0.15, 0.2) is 59.5 Å². The average molecular weight is 427 g/mol. The van der Waals surface area contributed by atoms with Crippen LogP contribution in [0.3, 0.4) is 0 Å². The normalized spacial score (nSPS) is 15.2. The molecule has 0 spiro atoms. The van der Waals surface area contributed by atoms with E-state index in [1.807, 2.05) is 37.3 Å². The number of nitrogens with one attached hydrogen (secondary N) is 1. The van der Waals surface area contributed by atoms with Crippen molar-refractivity contribution in [2.45, 2.75) is 12.7 Å². The molecule has 3 rings (SSSR count). The van der Waals surface area contributed by atoms with E-state index in [1.54, 1.807) is 6.08 Å². The quantitative estimate of drug-likeness (QED) is 0.644. The highest BCUT2D eigenvalue weighted by molar-refractivity contribution is 8.18. The van der Waals surface area contributed by atoms with Crippen molar-refractivity contribution in [3.8, 4) is 0 Å². The molecule has 1 heterocycles. The smallest absolute Gasteiger partial charge is 0.293 e. The fourth-order valence-electron chi connectivity index (χ4n) is 2.70. The molecule has 1 fully saturated rings. The highest BCUT2D eigenvalue weighted by Crippen LogP contribution is 2.31. The molecule has 1 saturated heterocycles. The number of thioether (sulfide) groups is 2. The van der Waals surface area contributed by atoms with Crippen LogP contribution in [0, 0.1) is 6.92 Å². The van der Waals surface area contributed by atoms with Crippen molar-refractivity contribution in [1.82, 2.24) is 10.2 Å². The van der Waals surface area contributed by atoms with Crippen molar-refractivity contribution >= 4 is 46.7 Å². The van der Waals surface area contributed by atoms with E-state index < -0.39 is 0 Å². The first-order valence-electron chi connectivity index (χ1n) is 9.23. The Morgan fingerprint density at radius 3 is 2.55 bits per heavy atom. The van der Waals surface area contributed by atoms with Gasteiger partial charge in [-0.1, -0.05) is 60.2 Å². The van der Waals surface area contributed by atoms with Gasteiger partial charge in [0.25, 0.3) is 11.1 Å². The molecule has 1 aliphatic rings. The first-order valence-corrected chi connectivity index (χ1v) is 11.2. The summed E-state index contributed by atoms with van der Waals surface area (Å²) in [5.74, 6) is 0.686. The number of benzene rings is 2. The standard InChI is InChI=1S/C22H22N2O3S2/c1-16-7-9-18(10-8-16)14-28-15-20(25)23-11-12-24-21(26)19(29-22(24)27)13-17-5-3-2-4-6-17/h2-10,13H,11-12,14-15H2,1H3,(H,23,25). The minimum absolute atomic E-state index is 0.103. The van der Waals surface area contributed by atoms with Crippen LogP contribution < -0.4 is 5.32 Å². The van der Waals surface area contributed by atoms with Crippen molar-refractivity contribution in [3.63, 3.8) is 0 Å². The Balaban J connectivity index is 1.41. The second-order valence-electron chi connectivity index (χ2n) is 6.57. The van der Waals surface area contributed by atoms with Crippen molar-refractivity contribution in [3.05, 3.63) is 76.2 Å². The van der Waals surface area contributed by atoms with Gasteiger partial charge in [-0.05, 0) is 35.9 Å². The Hall–Kier alpha value is -2.51. The molecule has 0 saturated carbocycles. The van der Waals surface area contributed by atoms with Gasteiger partial charge in [0.1, 0.15) is 0 Å². The molecule has 0 aliphatic carbocycles. The summed E-state index contributed by atoms with van der Waals surface area (Å²) in [7, 11) is 0. The molecule has 2 aromatic carbocycles. The zero-order valence-electron chi connectivity index (χ0n) is 16.1. The molecule has 2 aromatic rings. The minimum atomic E-state index is -0.313. The van der Waals surface area contributed by atoms with Crippen LogP contribution in [0.25, 0.3) is 6.08 Å². The van der Waals surface area contributed by atoms with E-state index in [9.17, 15) is 14.4 Å². The fourth-order valence-corrected chi connectivity index (χ4v) is 4.38. The summed E-state index contributed by atoms with van der Waals surface area (Å²) >= 11 is 2.46. The van der Waals surface area contributed by atoms with Gasteiger partial charge in [0.15, 0.2) is 0 Å². The SMILES string of the molecule is Cc1ccc(CSCC(=O)NCCN2C(=O)SC(=Cc3ccccc3)C2=O)cc1. The van der Waals surface area contributed by atoms with E-state index in [1.165, 1.54) is 27.8 Å². The predicted octanol–water partition coefficient (Wildman–Crippen LogP) is 4.08. The summed E-state index contributed by atoms with van der Waals surface area (Å²) in [5, 5.41) is 2.47. The van der Waals surface area contributed by atoms with Crippen LogP contribution in [-0.2, 0) is 15.3 Å². The van der Waals surface area contributed by atoms with Crippen LogP contribution in [0.5, 0.6) is 0 Å². The van der Waals surface area contributed by atoms with Gasteiger partial charge in [0.2, 0.25) is 5.91 Å². The lowest BCUT2D eigenvalue weighted by atomic mass is 10.2. The van der Waals surface area contributed by atoms with E-state index in [2.05, 4.69) is 29.6 Å². The predicted molar refractivity (Wildman–Crippen MR) is 119 cm³/mol. The third-order valence-electron chi connectivity index (χ3n) is 4.25. The molecule has 5 nitrogen and oxygen atoms in total. The average Bonchev–Trinajstić information content (AvgIpc) is 2.97. The third kappa shape index (κ3) is 6.24. The molecular formula is C22H22N2O3S2. The second kappa shape index (κ2) is 10.3. The molecule has 1 aliphatic heterocycles. The number of amides is 3. The Bertz CT molecular complexity index is 911. The van der Waals surface area contributed by atoms with Crippen LogP contribution in [-0.4, -0.2) is 40.8 Å². The van der Waals surface area contributed by atoms with Crippen molar-refractivity contribution in [2.75, 3.05) is 18.8 Å². The number of nitrogens with zero attached hydrogens (tertiary/aromatic N) is 1. The van der Waals surface area contributed by atoms with Gasteiger partial charge in [-0.15, -0.1) is 11.8 Å². The maximum Gasteiger partial charge on any atom is 0.293 e. The third-order valence-corrected chi connectivity index (χ3v) is 6.16. The Morgan fingerprint density at radius 2 is 1.83 bits per heavy atom. The molecule has 0 unspecified atom stereocenters. The van der Waals surface area contributed by atoms with Gasteiger partial charge in [0.05, 0.1) is 10.7 Å². The number of hydrogen-bond acceptors (Lipinski definition) is 5. The van der Waals surface area contributed by atoms with Gasteiger partial charge in [-0.25, -0.2) is 0 Å². The lowest BCUT2D eigenvalue weighted by Crippen LogP contribution is -2.37.